The molecule has 2 aromatic carbocycles. The number of hydrogen-bond acceptors (Lipinski definition) is 7. The maximum atomic E-state index is 12.5. The van der Waals surface area contributed by atoms with E-state index >= 15 is 0 Å². The third-order valence-electron chi connectivity index (χ3n) is 4.09. The highest BCUT2D eigenvalue weighted by Gasteiger charge is 2.23. The summed E-state index contributed by atoms with van der Waals surface area (Å²) in [5, 5.41) is 11.1. The van der Waals surface area contributed by atoms with Crippen molar-refractivity contribution < 1.29 is 23.9 Å². The van der Waals surface area contributed by atoms with E-state index in [9.17, 15) is 14.9 Å². The van der Waals surface area contributed by atoms with Crippen LogP contribution in [0.4, 0.5) is 11.4 Å². The molecule has 8 nitrogen and oxygen atoms in total. The molecule has 0 bridgehead atoms. The van der Waals surface area contributed by atoms with Crippen molar-refractivity contribution in [2.45, 2.75) is 0 Å². The molecule has 8 heteroatoms. The van der Waals surface area contributed by atoms with Gasteiger partial charge in [0.2, 0.25) is 0 Å². The zero-order valence-electron chi connectivity index (χ0n) is 14.7. The number of carbonyl (C=O) groups excluding carboxylic acids is 1. The Morgan fingerprint density at radius 1 is 1.11 bits per heavy atom. The third kappa shape index (κ3) is 4.95. The van der Waals surface area contributed by atoms with E-state index < -0.39 is 10.9 Å². The monoisotopic (exact) mass is 372 g/mol. The lowest BCUT2D eigenvalue weighted by atomic mass is 10.1. The zero-order valence-corrected chi connectivity index (χ0v) is 14.7. The molecule has 1 fully saturated rings. The van der Waals surface area contributed by atoms with Crippen LogP contribution in [0.5, 0.6) is 5.75 Å². The number of rotatable bonds is 7. The standard InChI is InChI=1S/C19H20N2O6/c22-19(27-13-12-26-16-4-2-1-3-5-16)17-14-15(21(23)24)6-7-18(17)20-8-10-25-11-9-20/h1-7,14H,8-13H2. The summed E-state index contributed by atoms with van der Waals surface area (Å²) in [6.45, 7) is 2.52. The lowest BCUT2D eigenvalue weighted by molar-refractivity contribution is -0.384. The second-order valence-electron chi connectivity index (χ2n) is 5.86. The van der Waals surface area contributed by atoms with E-state index in [1.54, 1.807) is 18.2 Å². The molecule has 142 valence electrons. The lowest BCUT2D eigenvalue weighted by Crippen LogP contribution is -2.37. The first-order valence-electron chi connectivity index (χ1n) is 8.61. The molecule has 1 aliphatic heterocycles. The van der Waals surface area contributed by atoms with Crippen molar-refractivity contribution in [1.82, 2.24) is 0 Å². The van der Waals surface area contributed by atoms with Crippen LogP contribution in [0, 0.1) is 10.1 Å². The van der Waals surface area contributed by atoms with E-state index in [-0.39, 0.29) is 24.5 Å². The number of esters is 1. The molecular weight excluding hydrogens is 352 g/mol. The number of para-hydroxylation sites is 1. The number of anilines is 1. The molecule has 0 aliphatic carbocycles. The minimum atomic E-state index is -0.614. The number of ether oxygens (including phenoxy) is 3. The third-order valence-corrected chi connectivity index (χ3v) is 4.09. The molecule has 0 spiro atoms. The number of nitro groups is 1. The van der Waals surface area contributed by atoms with Crippen LogP contribution >= 0.6 is 0 Å². The van der Waals surface area contributed by atoms with Gasteiger partial charge in [-0.3, -0.25) is 10.1 Å². The summed E-state index contributed by atoms with van der Waals surface area (Å²) in [5.74, 6) is 0.0646. The van der Waals surface area contributed by atoms with Gasteiger partial charge in [-0.2, -0.15) is 0 Å². The van der Waals surface area contributed by atoms with E-state index in [4.69, 9.17) is 14.2 Å². The average Bonchev–Trinajstić information content (AvgIpc) is 2.72. The molecule has 27 heavy (non-hydrogen) atoms. The summed E-state index contributed by atoms with van der Waals surface area (Å²) < 4.78 is 16.1. The first-order valence-corrected chi connectivity index (χ1v) is 8.61. The van der Waals surface area contributed by atoms with Gasteiger partial charge in [-0.05, 0) is 18.2 Å². The Hall–Kier alpha value is -3.13. The van der Waals surface area contributed by atoms with Crippen LogP contribution in [0.2, 0.25) is 0 Å². The smallest absolute Gasteiger partial charge is 0.340 e. The first-order chi connectivity index (χ1) is 13.1. The molecule has 0 amide bonds. The van der Waals surface area contributed by atoms with Crippen molar-refractivity contribution in [1.29, 1.82) is 0 Å². The minimum Gasteiger partial charge on any atom is -0.490 e. The quantitative estimate of drug-likeness (QED) is 0.319. The van der Waals surface area contributed by atoms with Gasteiger partial charge >= 0.3 is 5.97 Å². The number of benzene rings is 2. The number of non-ortho nitro benzene ring substituents is 1. The Balaban J connectivity index is 1.67. The molecule has 0 radical (unpaired) electrons. The molecule has 0 aromatic heterocycles. The van der Waals surface area contributed by atoms with Crippen molar-refractivity contribution in [2.75, 3.05) is 44.4 Å². The lowest BCUT2D eigenvalue weighted by Gasteiger charge is -2.30. The zero-order chi connectivity index (χ0) is 19.1. The molecule has 0 atom stereocenters. The van der Waals surface area contributed by atoms with Crippen LogP contribution in [0.15, 0.2) is 48.5 Å². The van der Waals surface area contributed by atoms with E-state index in [0.717, 1.165) is 0 Å². The molecule has 1 saturated heterocycles. The van der Waals surface area contributed by atoms with Gasteiger partial charge in [0.1, 0.15) is 19.0 Å². The van der Waals surface area contributed by atoms with E-state index in [1.165, 1.54) is 12.1 Å². The second kappa shape index (κ2) is 9.00. The van der Waals surface area contributed by atoms with Gasteiger partial charge in [-0.1, -0.05) is 18.2 Å². The van der Waals surface area contributed by atoms with Crippen molar-refractivity contribution in [3.63, 3.8) is 0 Å². The summed E-state index contributed by atoms with van der Waals surface area (Å²) in [7, 11) is 0. The second-order valence-corrected chi connectivity index (χ2v) is 5.86. The van der Waals surface area contributed by atoms with Gasteiger partial charge in [-0.25, -0.2) is 4.79 Å². The van der Waals surface area contributed by atoms with Gasteiger partial charge < -0.3 is 19.1 Å². The van der Waals surface area contributed by atoms with Crippen molar-refractivity contribution in [3.05, 3.63) is 64.2 Å². The minimum absolute atomic E-state index is 0.0406. The number of carbonyl (C=O) groups is 1. The molecule has 1 aliphatic rings. The van der Waals surface area contributed by atoms with Crippen molar-refractivity contribution in [2.24, 2.45) is 0 Å². The van der Waals surface area contributed by atoms with Crippen LogP contribution in [-0.4, -0.2) is 50.4 Å². The topological polar surface area (TPSA) is 91.1 Å². The molecule has 0 N–H and O–H groups in total. The Labute approximate surface area is 156 Å². The van der Waals surface area contributed by atoms with Gasteiger partial charge in [0.15, 0.2) is 0 Å². The fourth-order valence-electron chi connectivity index (χ4n) is 2.77. The summed E-state index contributed by atoms with van der Waals surface area (Å²) in [6, 6.07) is 13.4. The SMILES string of the molecule is O=C(OCCOc1ccccc1)c1cc([N+](=O)[O-])ccc1N1CCOCC1. The van der Waals surface area contributed by atoms with Crippen molar-refractivity contribution >= 4 is 17.3 Å². The predicted molar refractivity (Wildman–Crippen MR) is 98.3 cm³/mol. The predicted octanol–water partition coefficient (Wildman–Crippen LogP) is 2.67. The normalized spacial score (nSPS) is 13.9. The van der Waals surface area contributed by atoms with Crippen LogP contribution < -0.4 is 9.64 Å². The Morgan fingerprint density at radius 3 is 2.56 bits per heavy atom. The first kappa shape index (κ1) is 18.7. The number of nitro benzene ring substituents is 1. The Kier molecular flexibility index (Phi) is 6.22. The maximum Gasteiger partial charge on any atom is 0.340 e. The Bertz CT molecular complexity index is 790. The number of hydrogen-bond donors (Lipinski definition) is 0. The number of nitrogens with zero attached hydrogens (tertiary/aromatic N) is 2. The van der Waals surface area contributed by atoms with Gasteiger partial charge in [0.25, 0.3) is 5.69 Å². The summed E-state index contributed by atoms with van der Waals surface area (Å²) in [5.41, 5.74) is 0.628. The molecule has 0 saturated carbocycles. The van der Waals surface area contributed by atoms with Gasteiger partial charge in [-0.15, -0.1) is 0 Å². The van der Waals surface area contributed by atoms with E-state index in [0.29, 0.717) is 37.7 Å². The van der Waals surface area contributed by atoms with Crippen molar-refractivity contribution in [3.8, 4) is 5.75 Å². The van der Waals surface area contributed by atoms with Gasteiger partial charge in [0, 0.05) is 25.2 Å². The summed E-state index contributed by atoms with van der Waals surface area (Å²) in [4.78, 5) is 25.0. The average molecular weight is 372 g/mol. The molecular formula is C19H20N2O6. The highest BCUT2D eigenvalue weighted by molar-refractivity contribution is 5.96. The fraction of sp³-hybridized carbons (Fsp3) is 0.316. The summed E-state index contributed by atoms with van der Waals surface area (Å²) in [6.07, 6.45) is 0. The highest BCUT2D eigenvalue weighted by atomic mass is 16.6. The Morgan fingerprint density at radius 2 is 1.85 bits per heavy atom. The van der Waals surface area contributed by atoms with E-state index in [1.807, 2.05) is 23.1 Å². The summed E-state index contributed by atoms with van der Waals surface area (Å²) >= 11 is 0. The van der Waals surface area contributed by atoms with Gasteiger partial charge in [0.05, 0.1) is 29.4 Å². The van der Waals surface area contributed by atoms with E-state index in [2.05, 4.69) is 0 Å². The molecule has 0 unspecified atom stereocenters. The molecule has 2 aromatic rings. The van der Waals surface area contributed by atoms with Crippen LogP contribution in [0.1, 0.15) is 10.4 Å². The van der Waals surface area contributed by atoms with Crippen LogP contribution in [0.3, 0.4) is 0 Å². The number of morpholine rings is 1. The molecule has 1 heterocycles. The fourth-order valence-corrected chi connectivity index (χ4v) is 2.77. The highest BCUT2D eigenvalue weighted by Crippen LogP contribution is 2.27. The maximum absolute atomic E-state index is 12.5. The molecule has 3 rings (SSSR count). The largest absolute Gasteiger partial charge is 0.490 e. The van der Waals surface area contributed by atoms with Crippen LogP contribution in [-0.2, 0) is 9.47 Å². The van der Waals surface area contributed by atoms with Crippen LogP contribution in [0.25, 0.3) is 0 Å².